The number of benzene rings is 2. The lowest BCUT2D eigenvalue weighted by molar-refractivity contribution is -0.126. The van der Waals surface area contributed by atoms with E-state index < -0.39 is 17.7 Å². The Labute approximate surface area is 202 Å². The lowest BCUT2D eigenvalue weighted by Gasteiger charge is -2.15. The molecule has 178 valence electrons. The van der Waals surface area contributed by atoms with Crippen LogP contribution in [0.5, 0.6) is 23.0 Å². The molecule has 0 fully saturated rings. The molecule has 1 atom stereocenters. The van der Waals surface area contributed by atoms with Gasteiger partial charge in [-0.05, 0) is 32.9 Å². The average molecular weight is 498 g/mol. The van der Waals surface area contributed by atoms with Gasteiger partial charge < -0.3 is 24.3 Å². The number of halogens is 2. The fraction of sp³-hybridized carbons (Fsp3) is 0.364. The van der Waals surface area contributed by atoms with Gasteiger partial charge >= 0.3 is 0 Å². The third kappa shape index (κ3) is 6.49. The highest BCUT2D eigenvalue weighted by molar-refractivity contribution is 6.35. The van der Waals surface area contributed by atoms with Crippen molar-refractivity contribution in [2.45, 2.75) is 26.8 Å². The van der Waals surface area contributed by atoms with E-state index in [2.05, 4.69) is 15.5 Å². The lowest BCUT2D eigenvalue weighted by Crippen LogP contribution is -2.32. The first-order valence-corrected chi connectivity index (χ1v) is 10.7. The number of amides is 1. The molecule has 0 spiro atoms. The van der Waals surface area contributed by atoms with Crippen molar-refractivity contribution in [1.82, 2.24) is 0 Å². The highest BCUT2D eigenvalue weighted by Crippen LogP contribution is 2.42. The third-order valence-corrected chi connectivity index (χ3v) is 4.91. The van der Waals surface area contributed by atoms with E-state index in [0.717, 1.165) is 0 Å². The van der Waals surface area contributed by atoms with Crippen molar-refractivity contribution in [3.05, 3.63) is 34.3 Å². The molecule has 0 aliphatic rings. The summed E-state index contributed by atoms with van der Waals surface area (Å²) in [5, 5.41) is 11.0. The summed E-state index contributed by atoms with van der Waals surface area (Å²) in [6.07, 6.45) is 0. The van der Waals surface area contributed by atoms with Gasteiger partial charge in [0.1, 0.15) is 28.0 Å². The van der Waals surface area contributed by atoms with E-state index in [-0.39, 0.29) is 27.2 Å². The van der Waals surface area contributed by atoms with Crippen molar-refractivity contribution in [2.75, 3.05) is 32.8 Å². The molecule has 0 aliphatic carbocycles. The van der Waals surface area contributed by atoms with E-state index in [0.29, 0.717) is 30.5 Å². The summed E-state index contributed by atoms with van der Waals surface area (Å²) in [5.74, 6) is 0.00659. The summed E-state index contributed by atoms with van der Waals surface area (Å²) in [5.41, 5.74) is 0.352. The number of hydrogen-bond donors (Lipinski definition) is 1. The summed E-state index contributed by atoms with van der Waals surface area (Å²) in [4.78, 5) is 25.1. The predicted molar refractivity (Wildman–Crippen MR) is 126 cm³/mol. The van der Waals surface area contributed by atoms with E-state index in [1.807, 2.05) is 6.92 Å². The Morgan fingerprint density at radius 1 is 1.03 bits per heavy atom. The van der Waals surface area contributed by atoms with Crippen LogP contribution in [-0.4, -0.2) is 45.2 Å². The molecule has 11 heteroatoms. The number of carbonyl (C=O) groups excluding carboxylic acids is 2. The highest BCUT2D eigenvalue weighted by atomic mass is 35.5. The zero-order valence-corrected chi connectivity index (χ0v) is 20.4. The summed E-state index contributed by atoms with van der Waals surface area (Å²) in [6, 6.07) is 4.83. The average Bonchev–Trinajstić information content (AvgIpc) is 2.77. The van der Waals surface area contributed by atoms with Gasteiger partial charge in [-0.15, -0.1) is 5.11 Å². The summed E-state index contributed by atoms with van der Waals surface area (Å²) in [7, 11) is 2.85. The monoisotopic (exact) mass is 497 g/mol. The van der Waals surface area contributed by atoms with E-state index in [4.69, 9.17) is 42.1 Å². The molecule has 1 amide bonds. The smallest absolute Gasteiger partial charge is 0.258 e. The molecule has 2 rings (SSSR count). The normalized spacial score (nSPS) is 11.7. The van der Waals surface area contributed by atoms with Crippen LogP contribution >= 0.6 is 23.2 Å². The van der Waals surface area contributed by atoms with E-state index in [9.17, 15) is 9.59 Å². The lowest BCUT2D eigenvalue weighted by atomic mass is 10.2. The van der Waals surface area contributed by atoms with Crippen molar-refractivity contribution in [2.24, 2.45) is 10.2 Å². The van der Waals surface area contributed by atoms with Crippen LogP contribution in [0.15, 0.2) is 34.5 Å². The number of azo groups is 1. The van der Waals surface area contributed by atoms with Gasteiger partial charge in [-0.25, -0.2) is 0 Å². The van der Waals surface area contributed by atoms with Gasteiger partial charge in [0.25, 0.3) is 5.91 Å². The Kier molecular flexibility index (Phi) is 9.74. The molecule has 9 nitrogen and oxygen atoms in total. The Morgan fingerprint density at radius 2 is 1.67 bits per heavy atom. The highest BCUT2D eigenvalue weighted by Gasteiger charge is 2.26. The van der Waals surface area contributed by atoms with Gasteiger partial charge in [-0.3, -0.25) is 9.59 Å². The maximum Gasteiger partial charge on any atom is 0.258 e. The number of carbonyl (C=O) groups is 2. The molecule has 0 saturated carbocycles. The number of nitrogens with one attached hydrogen (secondary N) is 1. The van der Waals surface area contributed by atoms with Crippen LogP contribution < -0.4 is 24.3 Å². The molecular weight excluding hydrogens is 473 g/mol. The van der Waals surface area contributed by atoms with Crippen LogP contribution in [0.3, 0.4) is 0 Å². The first kappa shape index (κ1) is 26.2. The molecule has 0 heterocycles. The number of hydrogen-bond acceptors (Lipinski definition) is 8. The van der Waals surface area contributed by atoms with E-state index >= 15 is 0 Å². The molecule has 33 heavy (non-hydrogen) atoms. The maximum absolute atomic E-state index is 12.9. The fourth-order valence-electron chi connectivity index (χ4n) is 2.78. The zero-order valence-electron chi connectivity index (χ0n) is 18.9. The van der Waals surface area contributed by atoms with Crippen molar-refractivity contribution in [3.63, 3.8) is 0 Å². The second-order valence-electron chi connectivity index (χ2n) is 6.50. The second-order valence-corrected chi connectivity index (χ2v) is 7.28. The Balaban J connectivity index is 2.41. The first-order valence-electron chi connectivity index (χ1n) is 9.99. The van der Waals surface area contributed by atoms with Crippen LogP contribution in [0.2, 0.25) is 10.0 Å². The minimum Gasteiger partial charge on any atom is -0.497 e. The van der Waals surface area contributed by atoms with E-state index in [1.54, 1.807) is 19.1 Å². The molecule has 1 N–H and O–H groups in total. The zero-order chi connectivity index (χ0) is 24.5. The molecular formula is C22H25Cl2N3O6. The van der Waals surface area contributed by atoms with Gasteiger partial charge in [-0.1, -0.05) is 23.2 Å². The number of nitrogens with zero attached hydrogens (tertiary/aromatic N) is 2. The summed E-state index contributed by atoms with van der Waals surface area (Å²) >= 11 is 12.6. The summed E-state index contributed by atoms with van der Waals surface area (Å²) in [6.45, 7) is 5.56. The van der Waals surface area contributed by atoms with Gasteiger partial charge in [0.2, 0.25) is 6.04 Å². The summed E-state index contributed by atoms with van der Waals surface area (Å²) < 4.78 is 21.4. The largest absolute Gasteiger partial charge is 0.497 e. The number of ether oxygens (including phenoxy) is 4. The molecule has 0 aromatic heterocycles. The SMILES string of the molecule is CCOc1ccc(OCC)c(N=NC(C(C)=O)C(=O)Nc2cc(OC)cc(Cl)c2OC)c1Cl. The molecule has 0 bridgehead atoms. The number of Topliss-reactive ketones (excluding diaryl/α,β-unsaturated/α-hetero) is 1. The van der Waals surface area contributed by atoms with Crippen LogP contribution in [0, 0.1) is 0 Å². The first-order chi connectivity index (χ1) is 15.8. The fourth-order valence-corrected chi connectivity index (χ4v) is 3.32. The quantitative estimate of drug-likeness (QED) is 0.324. The van der Waals surface area contributed by atoms with Gasteiger partial charge in [0, 0.05) is 12.1 Å². The van der Waals surface area contributed by atoms with Crippen molar-refractivity contribution in [1.29, 1.82) is 0 Å². The van der Waals surface area contributed by atoms with Crippen LogP contribution in [-0.2, 0) is 9.59 Å². The Hall–Kier alpha value is -3.04. The van der Waals surface area contributed by atoms with Crippen LogP contribution in [0.4, 0.5) is 11.4 Å². The van der Waals surface area contributed by atoms with Crippen molar-refractivity contribution >= 4 is 46.3 Å². The number of anilines is 1. The molecule has 0 aliphatic heterocycles. The standard InChI is InChI=1S/C22H25Cl2N3O6/c1-6-32-16-8-9-17(33-7-2)20(18(16)24)27-26-19(12(3)28)22(29)25-15-11-13(30-4)10-14(23)21(15)31-5/h8-11,19H,6-7H2,1-5H3,(H,25,29). The molecule has 0 radical (unpaired) electrons. The molecule has 1 unspecified atom stereocenters. The van der Waals surface area contributed by atoms with Crippen molar-refractivity contribution in [3.8, 4) is 23.0 Å². The van der Waals surface area contributed by atoms with Crippen LogP contribution in [0.25, 0.3) is 0 Å². The van der Waals surface area contributed by atoms with Gasteiger partial charge in [0.05, 0.1) is 38.1 Å². The second kappa shape index (κ2) is 12.3. The number of methoxy groups -OCH3 is 2. The van der Waals surface area contributed by atoms with Gasteiger partial charge in [0.15, 0.2) is 11.5 Å². The number of ketones is 1. The number of rotatable bonds is 11. The predicted octanol–water partition coefficient (Wildman–Crippen LogP) is 5.49. The Bertz CT molecular complexity index is 1050. The Morgan fingerprint density at radius 3 is 2.24 bits per heavy atom. The van der Waals surface area contributed by atoms with E-state index in [1.165, 1.54) is 33.3 Å². The van der Waals surface area contributed by atoms with Crippen molar-refractivity contribution < 1.29 is 28.5 Å². The third-order valence-electron chi connectivity index (χ3n) is 4.26. The molecule has 2 aromatic carbocycles. The maximum atomic E-state index is 12.9. The molecule has 0 saturated heterocycles. The minimum absolute atomic E-state index is 0.144. The minimum atomic E-state index is -1.47. The molecule has 2 aromatic rings. The van der Waals surface area contributed by atoms with Gasteiger partial charge in [-0.2, -0.15) is 5.11 Å². The van der Waals surface area contributed by atoms with Crippen LogP contribution in [0.1, 0.15) is 20.8 Å². The topological polar surface area (TPSA) is 108 Å².